The normalized spacial score (nSPS) is 29.2. The molecule has 1 aliphatic heterocycles. The number of aryl methyl sites for hydroxylation is 1. The van der Waals surface area contributed by atoms with Gasteiger partial charge in [0, 0.05) is 18.8 Å². The molecule has 1 saturated heterocycles. The Hall–Kier alpha value is -1.67. The van der Waals surface area contributed by atoms with Gasteiger partial charge in [0.25, 0.3) is 0 Å². The summed E-state index contributed by atoms with van der Waals surface area (Å²) in [7, 11) is 1.66. The van der Waals surface area contributed by atoms with E-state index in [2.05, 4.69) is 10.3 Å². The molecule has 0 aromatic carbocycles. The molecular weight excluding hydrogens is 393 g/mol. The Morgan fingerprint density at radius 1 is 1.23 bits per heavy atom. The number of halogens is 3. The van der Waals surface area contributed by atoms with E-state index in [1.807, 2.05) is 0 Å². The fourth-order valence-electron chi connectivity index (χ4n) is 5.29. The van der Waals surface area contributed by atoms with Gasteiger partial charge in [0.05, 0.1) is 24.5 Å². The third-order valence-corrected chi connectivity index (χ3v) is 7.47. The van der Waals surface area contributed by atoms with Gasteiger partial charge in [0.15, 0.2) is 5.65 Å². The number of aliphatic hydroxyl groups is 1. The summed E-state index contributed by atoms with van der Waals surface area (Å²) in [5.74, 6) is 1.27. The second-order valence-electron chi connectivity index (χ2n) is 9.55. The lowest BCUT2D eigenvalue weighted by atomic mass is 9.90. The van der Waals surface area contributed by atoms with Crippen LogP contribution in [0.15, 0.2) is 12.3 Å². The van der Waals surface area contributed by atoms with Gasteiger partial charge in [-0.3, -0.25) is 4.98 Å². The number of fused-ring (bicyclic) bond motifs is 1. The maximum absolute atomic E-state index is 13.6. The molecule has 5 nitrogen and oxygen atoms in total. The second-order valence-corrected chi connectivity index (χ2v) is 9.55. The van der Waals surface area contributed by atoms with Gasteiger partial charge in [-0.15, -0.1) is 0 Å². The summed E-state index contributed by atoms with van der Waals surface area (Å²) in [5.41, 5.74) is 0.263. The summed E-state index contributed by atoms with van der Waals surface area (Å²) in [6.07, 6.45) is 4.46. The average molecular weight is 422 g/mol. The first-order valence-electron chi connectivity index (χ1n) is 11.1. The van der Waals surface area contributed by atoms with E-state index in [1.54, 1.807) is 23.9 Å². The number of alkyl halides is 3. The molecule has 2 N–H and O–H groups in total. The van der Waals surface area contributed by atoms with Gasteiger partial charge < -0.3 is 15.0 Å². The topological polar surface area (TPSA) is 63.0 Å². The Kier molecular flexibility index (Phi) is 4.85. The van der Waals surface area contributed by atoms with Crippen LogP contribution in [0.25, 0.3) is 11.2 Å². The van der Waals surface area contributed by atoms with Crippen LogP contribution in [0.4, 0.5) is 13.2 Å². The summed E-state index contributed by atoms with van der Waals surface area (Å²) in [6, 6.07) is 1.54. The van der Waals surface area contributed by atoms with Crippen LogP contribution < -0.4 is 5.32 Å². The molecule has 2 aromatic rings. The van der Waals surface area contributed by atoms with E-state index < -0.39 is 11.6 Å². The SMILES string of the molecule is Cn1c(C2(C(F)(F)F)CC2)cc2ncc([C@H]3CCC[C@@H](CC4CC4)[C@H](CO)N3)nc21. The van der Waals surface area contributed by atoms with Crippen LogP contribution >= 0.6 is 0 Å². The van der Waals surface area contributed by atoms with Gasteiger partial charge in [-0.1, -0.05) is 19.3 Å². The molecule has 0 spiro atoms. The molecular formula is C22H29F3N4O. The van der Waals surface area contributed by atoms with Crippen molar-refractivity contribution in [3.63, 3.8) is 0 Å². The molecule has 3 heterocycles. The van der Waals surface area contributed by atoms with Gasteiger partial charge in [0.1, 0.15) is 10.9 Å². The van der Waals surface area contributed by atoms with E-state index in [-0.39, 0.29) is 37.2 Å². The van der Waals surface area contributed by atoms with Crippen molar-refractivity contribution in [2.24, 2.45) is 18.9 Å². The summed E-state index contributed by atoms with van der Waals surface area (Å²) in [6.45, 7) is 0.0893. The van der Waals surface area contributed by atoms with Crippen molar-refractivity contribution in [2.45, 2.75) is 75.0 Å². The van der Waals surface area contributed by atoms with Crippen LogP contribution in [-0.2, 0) is 12.5 Å². The third-order valence-electron chi connectivity index (χ3n) is 7.47. The molecule has 8 heteroatoms. The monoisotopic (exact) mass is 422 g/mol. The fraction of sp³-hybridized carbons (Fsp3) is 0.727. The van der Waals surface area contributed by atoms with Crippen molar-refractivity contribution in [2.75, 3.05) is 6.61 Å². The van der Waals surface area contributed by atoms with Crippen LogP contribution in [0, 0.1) is 11.8 Å². The zero-order chi connectivity index (χ0) is 21.1. The van der Waals surface area contributed by atoms with E-state index in [0.717, 1.165) is 37.3 Å². The highest BCUT2D eigenvalue weighted by Crippen LogP contribution is 2.59. The third kappa shape index (κ3) is 3.42. The summed E-state index contributed by atoms with van der Waals surface area (Å²) in [4.78, 5) is 9.21. The Bertz CT molecular complexity index is 932. The smallest absolute Gasteiger partial charge is 0.395 e. The highest BCUT2D eigenvalue weighted by atomic mass is 19.4. The van der Waals surface area contributed by atoms with Crippen molar-refractivity contribution in [3.8, 4) is 0 Å². The van der Waals surface area contributed by atoms with Crippen molar-refractivity contribution >= 4 is 11.2 Å². The molecule has 5 rings (SSSR count). The summed E-state index contributed by atoms with van der Waals surface area (Å²) >= 11 is 0. The Morgan fingerprint density at radius 3 is 2.63 bits per heavy atom. The Morgan fingerprint density at radius 2 is 2.00 bits per heavy atom. The number of aromatic nitrogens is 3. The predicted molar refractivity (Wildman–Crippen MR) is 107 cm³/mol. The standard InChI is InChI=1S/C22H29F3N4O/c1-29-19(21(7-8-21)22(23,24)25)10-16-20(29)28-17(11-26-16)15-4-2-3-14(9-13-5-6-13)18(12-30)27-15/h10-11,13-15,18,27,30H,2-9,12H2,1H3/t14-,15+,18-/m0/s1. The van der Waals surface area contributed by atoms with Crippen LogP contribution in [0.1, 0.15) is 68.8 Å². The number of aliphatic hydroxyl groups excluding tert-OH is 1. The summed E-state index contributed by atoms with van der Waals surface area (Å²) < 4.78 is 42.5. The molecule has 0 radical (unpaired) electrons. The lowest BCUT2D eigenvalue weighted by Gasteiger charge is -2.26. The lowest BCUT2D eigenvalue weighted by molar-refractivity contribution is -0.162. The molecule has 3 aliphatic rings. The minimum Gasteiger partial charge on any atom is -0.395 e. The Balaban J connectivity index is 1.43. The van der Waals surface area contributed by atoms with Gasteiger partial charge in [0.2, 0.25) is 0 Å². The average Bonchev–Trinajstić information content (AvgIpc) is 3.61. The van der Waals surface area contributed by atoms with Gasteiger partial charge >= 0.3 is 6.18 Å². The second kappa shape index (κ2) is 7.19. The number of rotatable bonds is 5. The largest absolute Gasteiger partial charge is 0.399 e. The first kappa shape index (κ1) is 20.2. The van der Waals surface area contributed by atoms with Crippen LogP contribution in [0.2, 0.25) is 0 Å². The predicted octanol–water partition coefficient (Wildman–Crippen LogP) is 4.15. The van der Waals surface area contributed by atoms with E-state index in [0.29, 0.717) is 17.1 Å². The maximum atomic E-state index is 13.6. The molecule has 164 valence electrons. The van der Waals surface area contributed by atoms with Gasteiger partial charge in [-0.05, 0) is 50.0 Å². The van der Waals surface area contributed by atoms with Crippen LogP contribution in [0.3, 0.4) is 0 Å². The quantitative estimate of drug-likeness (QED) is 0.760. The fourth-order valence-corrected chi connectivity index (χ4v) is 5.29. The highest BCUT2D eigenvalue weighted by Gasteiger charge is 2.65. The van der Waals surface area contributed by atoms with E-state index in [4.69, 9.17) is 4.98 Å². The van der Waals surface area contributed by atoms with Gasteiger partial charge in [-0.25, -0.2) is 4.98 Å². The minimum absolute atomic E-state index is 0.0273. The number of nitrogens with one attached hydrogen (secondary N) is 1. The van der Waals surface area contributed by atoms with Crippen molar-refractivity contribution in [1.29, 1.82) is 0 Å². The van der Waals surface area contributed by atoms with E-state index in [1.165, 1.54) is 12.8 Å². The maximum Gasteiger partial charge on any atom is 0.399 e. The minimum atomic E-state index is -4.26. The summed E-state index contributed by atoms with van der Waals surface area (Å²) in [5, 5.41) is 13.5. The van der Waals surface area contributed by atoms with Crippen molar-refractivity contribution in [1.82, 2.24) is 19.9 Å². The van der Waals surface area contributed by atoms with Crippen molar-refractivity contribution in [3.05, 3.63) is 23.7 Å². The molecule has 3 atom stereocenters. The van der Waals surface area contributed by atoms with E-state index in [9.17, 15) is 18.3 Å². The Labute approximate surface area is 174 Å². The van der Waals surface area contributed by atoms with Crippen molar-refractivity contribution < 1.29 is 18.3 Å². The molecule has 30 heavy (non-hydrogen) atoms. The molecule has 0 unspecified atom stereocenters. The lowest BCUT2D eigenvalue weighted by Crippen LogP contribution is -2.40. The number of nitrogens with zero attached hydrogens (tertiary/aromatic N) is 3. The molecule has 2 saturated carbocycles. The van der Waals surface area contributed by atoms with E-state index >= 15 is 0 Å². The molecule has 0 amide bonds. The van der Waals surface area contributed by atoms with Gasteiger partial charge in [-0.2, -0.15) is 13.2 Å². The first-order valence-corrected chi connectivity index (χ1v) is 11.1. The number of hydrogen-bond donors (Lipinski definition) is 2. The molecule has 2 aromatic heterocycles. The molecule has 0 bridgehead atoms. The number of hydrogen-bond acceptors (Lipinski definition) is 4. The van der Waals surface area contributed by atoms with Crippen LogP contribution in [0.5, 0.6) is 0 Å². The first-order chi connectivity index (χ1) is 14.3. The van der Waals surface area contributed by atoms with Crippen LogP contribution in [-0.4, -0.2) is 38.5 Å². The zero-order valence-corrected chi connectivity index (χ0v) is 17.3. The molecule has 2 aliphatic carbocycles. The zero-order valence-electron chi connectivity index (χ0n) is 17.3. The highest BCUT2D eigenvalue weighted by molar-refractivity contribution is 5.74. The molecule has 3 fully saturated rings.